The van der Waals surface area contributed by atoms with Gasteiger partial charge in [0.1, 0.15) is 11.5 Å². The van der Waals surface area contributed by atoms with E-state index in [1.54, 1.807) is 14.2 Å². The first kappa shape index (κ1) is 13.9. The van der Waals surface area contributed by atoms with Crippen LogP contribution in [0.25, 0.3) is 0 Å². The van der Waals surface area contributed by atoms with Gasteiger partial charge in [-0.2, -0.15) is 0 Å². The van der Waals surface area contributed by atoms with Crippen LogP contribution in [0.15, 0.2) is 16.6 Å². The molecule has 1 atom stereocenters. The van der Waals surface area contributed by atoms with Gasteiger partial charge in [-0.1, -0.05) is 6.92 Å². The summed E-state index contributed by atoms with van der Waals surface area (Å²) in [4.78, 5) is 0. The number of rotatable bonds is 5. The van der Waals surface area contributed by atoms with Gasteiger partial charge in [0.25, 0.3) is 0 Å². The van der Waals surface area contributed by atoms with E-state index in [1.165, 1.54) is 0 Å². The smallest absolute Gasteiger partial charge is 0.136 e. The molecule has 0 saturated carbocycles. The minimum Gasteiger partial charge on any atom is -0.496 e. The molecule has 0 N–H and O–H groups in total. The largest absolute Gasteiger partial charge is 0.496 e. The second-order valence-electron chi connectivity index (χ2n) is 3.74. The molecule has 92 valence electrons. The van der Waals surface area contributed by atoms with E-state index in [0.717, 1.165) is 28.0 Å². The first-order valence-electron chi connectivity index (χ1n) is 5.52. The molecule has 1 aromatic carbocycles. The van der Waals surface area contributed by atoms with Crippen LogP contribution in [-0.2, 0) is 0 Å². The van der Waals surface area contributed by atoms with Crippen molar-refractivity contribution in [2.24, 2.45) is 0 Å². The molecule has 0 radical (unpaired) electrons. The Labute approximate surface area is 111 Å². The molecule has 1 aromatic rings. The molecule has 0 fully saturated rings. The Kier molecular flexibility index (Phi) is 5.37. The molecule has 0 bridgehead atoms. The first-order chi connectivity index (χ1) is 8.17. The molecule has 0 aromatic heterocycles. The van der Waals surface area contributed by atoms with Crippen molar-refractivity contribution in [1.29, 1.82) is 0 Å². The quantitative estimate of drug-likeness (QED) is 0.765. The standard InChI is InChI=1S/C14H17BrO2/c1-5-7-10(6-2)11-8-12(15)14(17-4)9-13(11)16-3/h1,8-10H,6-7H2,2-4H3. The van der Waals surface area contributed by atoms with Crippen LogP contribution in [0.5, 0.6) is 11.5 Å². The van der Waals surface area contributed by atoms with E-state index in [0.29, 0.717) is 12.3 Å². The molecule has 3 heteroatoms. The monoisotopic (exact) mass is 296 g/mol. The molecule has 0 aliphatic heterocycles. The van der Waals surface area contributed by atoms with Crippen molar-refractivity contribution in [3.63, 3.8) is 0 Å². The second kappa shape index (κ2) is 6.56. The third-order valence-corrected chi connectivity index (χ3v) is 3.42. The van der Waals surface area contributed by atoms with Gasteiger partial charge >= 0.3 is 0 Å². The van der Waals surface area contributed by atoms with E-state index >= 15 is 0 Å². The summed E-state index contributed by atoms with van der Waals surface area (Å²) in [6.07, 6.45) is 7.10. The molecular weight excluding hydrogens is 280 g/mol. The highest BCUT2D eigenvalue weighted by Crippen LogP contribution is 2.38. The molecule has 0 saturated heterocycles. The number of benzene rings is 1. The summed E-state index contributed by atoms with van der Waals surface area (Å²) in [7, 11) is 3.30. The van der Waals surface area contributed by atoms with Crippen molar-refractivity contribution in [2.75, 3.05) is 14.2 Å². The fourth-order valence-electron chi connectivity index (χ4n) is 1.82. The SMILES string of the molecule is C#CCC(CC)c1cc(Br)c(OC)cc1OC. The lowest BCUT2D eigenvalue weighted by Gasteiger charge is -2.18. The fraction of sp³-hybridized carbons (Fsp3) is 0.429. The fourth-order valence-corrected chi connectivity index (χ4v) is 2.34. The average molecular weight is 297 g/mol. The number of methoxy groups -OCH3 is 2. The number of hydrogen-bond donors (Lipinski definition) is 0. The Morgan fingerprint density at radius 1 is 1.29 bits per heavy atom. The molecule has 0 amide bonds. The summed E-state index contributed by atoms with van der Waals surface area (Å²) < 4.78 is 11.6. The Balaban J connectivity index is 3.22. The van der Waals surface area contributed by atoms with Crippen molar-refractivity contribution in [3.05, 3.63) is 22.2 Å². The Hall–Kier alpha value is -1.14. The number of terminal acetylenes is 1. The summed E-state index contributed by atoms with van der Waals surface area (Å²) in [6.45, 7) is 2.12. The van der Waals surface area contributed by atoms with Gasteiger partial charge in [0, 0.05) is 12.5 Å². The Morgan fingerprint density at radius 3 is 2.41 bits per heavy atom. The van der Waals surface area contributed by atoms with Crippen LogP contribution in [0.2, 0.25) is 0 Å². The summed E-state index contributed by atoms with van der Waals surface area (Å²) in [6, 6.07) is 3.92. The van der Waals surface area contributed by atoms with Crippen molar-refractivity contribution in [1.82, 2.24) is 0 Å². The van der Waals surface area contributed by atoms with E-state index < -0.39 is 0 Å². The number of ether oxygens (including phenoxy) is 2. The highest BCUT2D eigenvalue weighted by atomic mass is 79.9. The van der Waals surface area contributed by atoms with Crippen LogP contribution >= 0.6 is 15.9 Å². The van der Waals surface area contributed by atoms with Gasteiger partial charge < -0.3 is 9.47 Å². The Morgan fingerprint density at radius 2 is 1.94 bits per heavy atom. The summed E-state index contributed by atoms with van der Waals surface area (Å²) in [5, 5.41) is 0. The molecular formula is C14H17BrO2. The van der Waals surface area contributed by atoms with E-state index in [1.807, 2.05) is 12.1 Å². The van der Waals surface area contributed by atoms with Gasteiger partial charge in [-0.05, 0) is 39.9 Å². The zero-order chi connectivity index (χ0) is 12.8. The zero-order valence-electron chi connectivity index (χ0n) is 10.4. The van der Waals surface area contributed by atoms with E-state index in [4.69, 9.17) is 15.9 Å². The van der Waals surface area contributed by atoms with Gasteiger partial charge in [0.15, 0.2) is 0 Å². The third-order valence-electron chi connectivity index (χ3n) is 2.80. The maximum Gasteiger partial charge on any atom is 0.136 e. The number of hydrogen-bond acceptors (Lipinski definition) is 2. The molecule has 0 spiro atoms. The average Bonchev–Trinajstić information content (AvgIpc) is 2.35. The van der Waals surface area contributed by atoms with Gasteiger partial charge in [0.05, 0.1) is 18.7 Å². The maximum atomic E-state index is 5.40. The van der Waals surface area contributed by atoms with Crippen molar-refractivity contribution in [3.8, 4) is 23.8 Å². The van der Waals surface area contributed by atoms with Crippen LogP contribution in [-0.4, -0.2) is 14.2 Å². The molecule has 0 aliphatic carbocycles. The van der Waals surface area contributed by atoms with Crippen molar-refractivity contribution in [2.45, 2.75) is 25.7 Å². The van der Waals surface area contributed by atoms with Crippen LogP contribution < -0.4 is 9.47 Å². The van der Waals surface area contributed by atoms with Crippen LogP contribution in [0, 0.1) is 12.3 Å². The van der Waals surface area contributed by atoms with Gasteiger partial charge in [-0.15, -0.1) is 12.3 Å². The number of halogens is 1. The maximum absolute atomic E-state index is 5.40. The third kappa shape index (κ3) is 3.17. The van der Waals surface area contributed by atoms with E-state index in [2.05, 4.69) is 28.8 Å². The van der Waals surface area contributed by atoms with Gasteiger partial charge in [-0.3, -0.25) is 0 Å². The molecule has 1 rings (SSSR count). The van der Waals surface area contributed by atoms with Crippen molar-refractivity contribution >= 4 is 15.9 Å². The minimum absolute atomic E-state index is 0.317. The summed E-state index contributed by atoms with van der Waals surface area (Å²) in [5.74, 6) is 4.62. The lowest BCUT2D eigenvalue weighted by atomic mass is 9.92. The highest BCUT2D eigenvalue weighted by molar-refractivity contribution is 9.10. The molecule has 1 unspecified atom stereocenters. The molecule has 0 heterocycles. The zero-order valence-corrected chi connectivity index (χ0v) is 12.0. The predicted molar refractivity (Wildman–Crippen MR) is 73.7 cm³/mol. The van der Waals surface area contributed by atoms with Gasteiger partial charge in [0.2, 0.25) is 0 Å². The molecule has 0 aliphatic rings. The predicted octanol–water partition coefficient (Wildman–Crippen LogP) is 3.98. The minimum atomic E-state index is 0.317. The summed E-state index contributed by atoms with van der Waals surface area (Å²) >= 11 is 3.49. The van der Waals surface area contributed by atoms with Gasteiger partial charge in [-0.25, -0.2) is 0 Å². The molecule has 17 heavy (non-hydrogen) atoms. The second-order valence-corrected chi connectivity index (χ2v) is 4.60. The lowest BCUT2D eigenvalue weighted by Crippen LogP contribution is -2.01. The normalized spacial score (nSPS) is 11.7. The molecule has 2 nitrogen and oxygen atoms in total. The lowest BCUT2D eigenvalue weighted by molar-refractivity contribution is 0.386. The van der Waals surface area contributed by atoms with E-state index in [9.17, 15) is 0 Å². The highest BCUT2D eigenvalue weighted by Gasteiger charge is 2.16. The Bertz CT molecular complexity index is 421. The van der Waals surface area contributed by atoms with Crippen molar-refractivity contribution < 1.29 is 9.47 Å². The summed E-state index contributed by atoms with van der Waals surface area (Å²) in [5.41, 5.74) is 1.13. The van der Waals surface area contributed by atoms with E-state index in [-0.39, 0.29) is 0 Å². The topological polar surface area (TPSA) is 18.5 Å². The van der Waals surface area contributed by atoms with Crippen LogP contribution in [0.4, 0.5) is 0 Å². The van der Waals surface area contributed by atoms with Crippen LogP contribution in [0.1, 0.15) is 31.2 Å². The van der Waals surface area contributed by atoms with Crippen LogP contribution in [0.3, 0.4) is 0 Å². The first-order valence-corrected chi connectivity index (χ1v) is 6.32.